The van der Waals surface area contributed by atoms with Gasteiger partial charge in [-0.05, 0) is 0 Å². The highest BCUT2D eigenvalue weighted by Gasteiger charge is 1.98. The molecule has 0 spiro atoms. The third kappa shape index (κ3) is 5.70. The number of hydrogen-bond acceptors (Lipinski definition) is 2. The van der Waals surface area contributed by atoms with Crippen molar-refractivity contribution in [2.24, 2.45) is 0 Å². The molecule has 0 rings (SSSR count). The first-order chi connectivity index (χ1) is 5.70. The fraction of sp³-hybridized carbons (Fsp3) is 0.750. The molecule has 1 N–H and O–H groups in total. The third-order valence-electron chi connectivity index (χ3n) is 1.35. The predicted molar refractivity (Wildman–Crippen MR) is 45.6 cm³/mol. The summed E-state index contributed by atoms with van der Waals surface area (Å²) in [4.78, 5) is 21.3. The number of nitrogens with one attached hydrogen (secondary N) is 1. The number of amides is 2. The van der Waals surface area contributed by atoms with Crippen LogP contribution in [0.25, 0.3) is 0 Å². The molecule has 0 aliphatic rings. The van der Waals surface area contributed by atoms with Crippen LogP contribution < -0.4 is 10.6 Å². The SMILES string of the molecule is CCC(=O)[N]CCNC(=O)CC. The lowest BCUT2D eigenvalue weighted by Gasteiger charge is -2.01. The average molecular weight is 171 g/mol. The zero-order valence-corrected chi connectivity index (χ0v) is 7.59. The van der Waals surface area contributed by atoms with Gasteiger partial charge in [0.25, 0.3) is 0 Å². The van der Waals surface area contributed by atoms with E-state index in [0.29, 0.717) is 25.9 Å². The summed E-state index contributed by atoms with van der Waals surface area (Å²) in [5.41, 5.74) is 0. The van der Waals surface area contributed by atoms with Gasteiger partial charge in [-0.2, -0.15) is 0 Å². The van der Waals surface area contributed by atoms with E-state index in [0.717, 1.165) is 0 Å². The number of carbonyl (C=O) groups is 2. The van der Waals surface area contributed by atoms with Crippen molar-refractivity contribution in [3.05, 3.63) is 0 Å². The van der Waals surface area contributed by atoms with Crippen molar-refractivity contribution in [3.63, 3.8) is 0 Å². The maximum atomic E-state index is 10.7. The Balaban J connectivity index is 3.21. The second kappa shape index (κ2) is 6.64. The lowest BCUT2D eigenvalue weighted by molar-refractivity contribution is -0.122. The monoisotopic (exact) mass is 171 g/mol. The van der Waals surface area contributed by atoms with Crippen molar-refractivity contribution in [1.82, 2.24) is 10.6 Å². The molecule has 0 heterocycles. The van der Waals surface area contributed by atoms with Crippen molar-refractivity contribution >= 4 is 11.8 Å². The number of rotatable bonds is 5. The van der Waals surface area contributed by atoms with E-state index in [1.165, 1.54) is 0 Å². The summed E-state index contributed by atoms with van der Waals surface area (Å²) >= 11 is 0. The Morgan fingerprint density at radius 1 is 1.25 bits per heavy atom. The Morgan fingerprint density at radius 2 is 1.92 bits per heavy atom. The van der Waals surface area contributed by atoms with Crippen molar-refractivity contribution < 1.29 is 9.59 Å². The molecular weight excluding hydrogens is 156 g/mol. The zero-order chi connectivity index (χ0) is 9.40. The van der Waals surface area contributed by atoms with Gasteiger partial charge < -0.3 is 5.32 Å². The fourth-order valence-corrected chi connectivity index (χ4v) is 0.613. The largest absolute Gasteiger partial charge is 0.354 e. The Labute approximate surface area is 72.7 Å². The zero-order valence-electron chi connectivity index (χ0n) is 7.59. The van der Waals surface area contributed by atoms with Gasteiger partial charge in [-0.25, -0.2) is 5.32 Å². The summed E-state index contributed by atoms with van der Waals surface area (Å²) in [5.74, 6) is -0.116. The summed E-state index contributed by atoms with van der Waals surface area (Å²) in [6.07, 6.45) is 0.906. The Kier molecular flexibility index (Phi) is 6.05. The molecule has 0 aliphatic carbocycles. The van der Waals surface area contributed by atoms with Crippen molar-refractivity contribution in [3.8, 4) is 0 Å². The van der Waals surface area contributed by atoms with Gasteiger partial charge in [0.15, 0.2) is 0 Å². The molecule has 12 heavy (non-hydrogen) atoms. The van der Waals surface area contributed by atoms with E-state index >= 15 is 0 Å². The van der Waals surface area contributed by atoms with Crippen molar-refractivity contribution in [2.75, 3.05) is 13.1 Å². The molecule has 0 unspecified atom stereocenters. The van der Waals surface area contributed by atoms with Crippen LogP contribution in [0.15, 0.2) is 0 Å². The van der Waals surface area contributed by atoms with E-state index in [1.54, 1.807) is 13.8 Å². The predicted octanol–water partition coefficient (Wildman–Crippen LogP) is 0.0536. The summed E-state index contributed by atoms with van der Waals surface area (Å²) < 4.78 is 0. The third-order valence-corrected chi connectivity index (χ3v) is 1.35. The molecule has 4 heteroatoms. The van der Waals surface area contributed by atoms with E-state index < -0.39 is 0 Å². The van der Waals surface area contributed by atoms with Crippen LogP contribution >= 0.6 is 0 Å². The number of nitrogens with zero attached hydrogens (tertiary/aromatic N) is 1. The first-order valence-corrected chi connectivity index (χ1v) is 4.17. The van der Waals surface area contributed by atoms with Crippen LogP contribution in [0.2, 0.25) is 0 Å². The van der Waals surface area contributed by atoms with E-state index in [9.17, 15) is 9.59 Å². The van der Waals surface area contributed by atoms with Gasteiger partial charge in [0.2, 0.25) is 11.8 Å². The van der Waals surface area contributed by atoms with Gasteiger partial charge in [0.05, 0.1) is 6.54 Å². The van der Waals surface area contributed by atoms with Gasteiger partial charge in [-0.3, -0.25) is 9.59 Å². The van der Waals surface area contributed by atoms with Crippen LogP contribution in [0.5, 0.6) is 0 Å². The molecule has 0 aliphatic heterocycles. The number of hydrogen-bond donors (Lipinski definition) is 1. The molecule has 0 atom stereocenters. The molecule has 0 saturated carbocycles. The van der Waals surface area contributed by atoms with Gasteiger partial charge >= 0.3 is 0 Å². The van der Waals surface area contributed by atoms with E-state index in [-0.39, 0.29) is 11.8 Å². The van der Waals surface area contributed by atoms with Gasteiger partial charge in [-0.15, -0.1) is 0 Å². The van der Waals surface area contributed by atoms with Crippen LogP contribution in [-0.4, -0.2) is 24.9 Å². The molecule has 69 valence electrons. The minimum Gasteiger partial charge on any atom is -0.354 e. The molecule has 0 aromatic carbocycles. The van der Waals surface area contributed by atoms with Crippen LogP contribution in [0, 0.1) is 0 Å². The summed E-state index contributed by atoms with van der Waals surface area (Å²) in [6.45, 7) is 4.39. The van der Waals surface area contributed by atoms with E-state index in [4.69, 9.17) is 0 Å². The molecule has 0 fully saturated rings. The standard InChI is InChI=1S/C8H15N2O2/c1-3-7(11)9-5-6-10-8(12)4-2/h3-6H2,1-2H3,(H,9,11). The topological polar surface area (TPSA) is 60.3 Å². The minimum atomic E-state index is -0.110. The number of carbonyl (C=O) groups excluding carboxylic acids is 2. The normalized spacial score (nSPS) is 9.17. The van der Waals surface area contributed by atoms with Gasteiger partial charge in [0, 0.05) is 19.4 Å². The summed E-state index contributed by atoms with van der Waals surface area (Å²) in [7, 11) is 0. The average Bonchev–Trinajstić information content (AvgIpc) is 2.11. The Hall–Kier alpha value is -1.06. The summed E-state index contributed by atoms with van der Waals surface area (Å²) in [6, 6.07) is 0. The molecule has 1 radical (unpaired) electrons. The maximum absolute atomic E-state index is 10.7. The molecule has 2 amide bonds. The first kappa shape index (κ1) is 10.9. The molecule has 0 bridgehead atoms. The van der Waals surface area contributed by atoms with Crippen LogP contribution in [0.1, 0.15) is 26.7 Å². The van der Waals surface area contributed by atoms with E-state index in [1.807, 2.05) is 0 Å². The molecular formula is C8H15N2O2. The highest BCUT2D eigenvalue weighted by Crippen LogP contribution is 1.77. The molecule has 0 saturated heterocycles. The lowest BCUT2D eigenvalue weighted by Crippen LogP contribution is -2.30. The lowest BCUT2D eigenvalue weighted by atomic mass is 10.4. The maximum Gasteiger partial charge on any atom is 0.240 e. The smallest absolute Gasteiger partial charge is 0.240 e. The highest BCUT2D eigenvalue weighted by molar-refractivity contribution is 5.76. The van der Waals surface area contributed by atoms with Gasteiger partial charge in [0.1, 0.15) is 0 Å². The van der Waals surface area contributed by atoms with Crippen molar-refractivity contribution in [1.29, 1.82) is 0 Å². The second-order valence-electron chi connectivity index (χ2n) is 2.33. The summed E-state index contributed by atoms with van der Waals surface area (Å²) in [5, 5.41) is 6.32. The van der Waals surface area contributed by atoms with Crippen LogP contribution in [-0.2, 0) is 9.59 Å². The van der Waals surface area contributed by atoms with Gasteiger partial charge in [-0.1, -0.05) is 13.8 Å². The second-order valence-corrected chi connectivity index (χ2v) is 2.33. The Bertz CT molecular complexity index is 139. The Morgan fingerprint density at radius 3 is 2.42 bits per heavy atom. The fourth-order valence-electron chi connectivity index (χ4n) is 0.613. The molecule has 4 nitrogen and oxygen atoms in total. The highest BCUT2D eigenvalue weighted by atomic mass is 16.2. The molecule has 0 aromatic rings. The quantitative estimate of drug-likeness (QED) is 0.594. The van der Waals surface area contributed by atoms with E-state index in [2.05, 4.69) is 10.6 Å². The molecule has 0 aromatic heterocycles. The van der Waals surface area contributed by atoms with Crippen LogP contribution in [0.4, 0.5) is 0 Å². The van der Waals surface area contributed by atoms with Crippen molar-refractivity contribution in [2.45, 2.75) is 26.7 Å². The van der Waals surface area contributed by atoms with Crippen LogP contribution in [0.3, 0.4) is 0 Å². The first-order valence-electron chi connectivity index (χ1n) is 4.17. The minimum absolute atomic E-state index is 0.00542.